The third-order valence-electron chi connectivity index (χ3n) is 4.37. The van der Waals surface area contributed by atoms with Gasteiger partial charge in [0.05, 0.1) is 6.04 Å². The molecule has 24 heavy (non-hydrogen) atoms. The number of nitrogen functional groups attached to an aromatic ring is 1. The zero-order valence-electron chi connectivity index (χ0n) is 14.5. The summed E-state index contributed by atoms with van der Waals surface area (Å²) in [6.07, 6.45) is 0. The lowest BCUT2D eigenvalue weighted by atomic mass is 10.2. The van der Waals surface area contributed by atoms with Crippen LogP contribution in [0, 0.1) is 0 Å². The summed E-state index contributed by atoms with van der Waals surface area (Å²) in [6, 6.07) is 2.34. The van der Waals surface area contributed by atoms with Crippen LogP contribution < -0.4 is 10.6 Å². The van der Waals surface area contributed by atoms with Crippen molar-refractivity contribution in [3.8, 4) is 0 Å². The van der Waals surface area contributed by atoms with Crippen molar-refractivity contribution < 1.29 is 0 Å². The number of nitrogens with zero attached hydrogens (tertiary/aromatic N) is 6. The topological polar surface area (TPSA) is 74.4 Å². The molecular formula is C16H25N7S. The van der Waals surface area contributed by atoms with E-state index in [9.17, 15) is 0 Å². The quantitative estimate of drug-likeness (QED) is 0.877. The number of hydrogen-bond donors (Lipinski definition) is 1. The van der Waals surface area contributed by atoms with Crippen LogP contribution in [0.5, 0.6) is 0 Å². The smallest absolute Gasteiger partial charge is 0.229 e. The standard InChI is InChI=1S/C16H25N7S/c1-12(14-18-15(17)20-16(19-14)21(2)3)23-7-5-22(6-8-23)10-13-4-9-24-11-13/h4,9,11-12H,5-8,10H2,1-3H3,(H2,17,18,19,20). The van der Waals surface area contributed by atoms with Crippen molar-refractivity contribution in [1.82, 2.24) is 24.8 Å². The van der Waals surface area contributed by atoms with Crippen LogP contribution in [0.1, 0.15) is 24.4 Å². The first-order chi connectivity index (χ1) is 11.5. The molecule has 0 aromatic carbocycles. The molecule has 8 heteroatoms. The SMILES string of the molecule is CC(c1nc(N)nc(N(C)C)n1)N1CCN(Cc2ccsc2)CC1. The molecule has 3 rings (SSSR count). The highest BCUT2D eigenvalue weighted by molar-refractivity contribution is 7.07. The minimum Gasteiger partial charge on any atom is -0.368 e. The maximum absolute atomic E-state index is 5.85. The van der Waals surface area contributed by atoms with Crippen LogP contribution in [-0.2, 0) is 6.54 Å². The highest BCUT2D eigenvalue weighted by atomic mass is 32.1. The van der Waals surface area contributed by atoms with Gasteiger partial charge < -0.3 is 10.6 Å². The van der Waals surface area contributed by atoms with Gasteiger partial charge in [-0.05, 0) is 29.3 Å². The molecule has 0 spiro atoms. The van der Waals surface area contributed by atoms with E-state index >= 15 is 0 Å². The lowest BCUT2D eigenvalue weighted by Gasteiger charge is -2.37. The Labute approximate surface area is 147 Å². The third-order valence-corrected chi connectivity index (χ3v) is 5.10. The van der Waals surface area contributed by atoms with E-state index in [0.717, 1.165) is 38.5 Å². The minimum atomic E-state index is 0.136. The summed E-state index contributed by atoms with van der Waals surface area (Å²) in [5.74, 6) is 1.64. The lowest BCUT2D eigenvalue weighted by molar-refractivity contribution is 0.0948. The second-order valence-electron chi connectivity index (χ2n) is 6.37. The predicted molar refractivity (Wildman–Crippen MR) is 98.2 cm³/mol. The highest BCUT2D eigenvalue weighted by Crippen LogP contribution is 2.21. The van der Waals surface area contributed by atoms with Crippen LogP contribution in [0.4, 0.5) is 11.9 Å². The fraction of sp³-hybridized carbons (Fsp3) is 0.562. The van der Waals surface area contributed by atoms with Crippen LogP contribution in [0.15, 0.2) is 16.8 Å². The lowest BCUT2D eigenvalue weighted by Crippen LogP contribution is -2.46. The molecule has 2 aromatic heterocycles. The molecule has 1 atom stereocenters. The maximum atomic E-state index is 5.85. The van der Waals surface area contributed by atoms with Gasteiger partial charge in [-0.2, -0.15) is 26.3 Å². The van der Waals surface area contributed by atoms with E-state index in [-0.39, 0.29) is 12.0 Å². The van der Waals surface area contributed by atoms with Gasteiger partial charge in [-0.3, -0.25) is 9.80 Å². The summed E-state index contributed by atoms with van der Waals surface area (Å²) in [5.41, 5.74) is 7.25. The van der Waals surface area contributed by atoms with Gasteiger partial charge >= 0.3 is 0 Å². The Kier molecular flexibility index (Phi) is 5.27. The summed E-state index contributed by atoms with van der Waals surface area (Å²) in [4.78, 5) is 19.8. The van der Waals surface area contributed by atoms with Crippen molar-refractivity contribution in [1.29, 1.82) is 0 Å². The van der Waals surface area contributed by atoms with Gasteiger partial charge in [0, 0.05) is 46.8 Å². The number of rotatable bonds is 5. The summed E-state index contributed by atoms with van der Waals surface area (Å²) < 4.78 is 0. The Balaban J connectivity index is 1.61. The molecule has 2 aromatic rings. The second kappa shape index (κ2) is 7.42. The monoisotopic (exact) mass is 347 g/mol. The molecule has 1 unspecified atom stereocenters. The van der Waals surface area contributed by atoms with Crippen LogP contribution in [0.25, 0.3) is 0 Å². The molecule has 130 valence electrons. The molecule has 1 fully saturated rings. The van der Waals surface area contributed by atoms with Crippen LogP contribution in [0.3, 0.4) is 0 Å². The van der Waals surface area contributed by atoms with Gasteiger partial charge in [0.2, 0.25) is 11.9 Å². The molecule has 0 aliphatic carbocycles. The summed E-state index contributed by atoms with van der Waals surface area (Å²) >= 11 is 1.76. The first-order valence-electron chi connectivity index (χ1n) is 8.19. The van der Waals surface area contributed by atoms with Crippen LogP contribution in [0.2, 0.25) is 0 Å². The van der Waals surface area contributed by atoms with Gasteiger partial charge in [-0.15, -0.1) is 0 Å². The van der Waals surface area contributed by atoms with E-state index in [1.54, 1.807) is 11.3 Å². The Morgan fingerprint density at radius 2 is 1.96 bits per heavy atom. The molecule has 7 nitrogen and oxygen atoms in total. The van der Waals surface area contributed by atoms with Crippen molar-refractivity contribution >= 4 is 23.2 Å². The zero-order chi connectivity index (χ0) is 17.1. The Morgan fingerprint density at radius 3 is 2.58 bits per heavy atom. The number of nitrogens with two attached hydrogens (primary N) is 1. The van der Waals surface area contributed by atoms with E-state index in [4.69, 9.17) is 5.73 Å². The Morgan fingerprint density at radius 1 is 1.21 bits per heavy atom. The van der Waals surface area contributed by atoms with Crippen molar-refractivity contribution in [3.05, 3.63) is 28.2 Å². The van der Waals surface area contributed by atoms with Gasteiger partial charge in [-0.25, -0.2) is 0 Å². The van der Waals surface area contributed by atoms with E-state index < -0.39 is 0 Å². The van der Waals surface area contributed by atoms with E-state index in [2.05, 4.69) is 48.5 Å². The van der Waals surface area contributed by atoms with Gasteiger partial charge in [0.25, 0.3) is 0 Å². The molecule has 3 heterocycles. The largest absolute Gasteiger partial charge is 0.368 e. The van der Waals surface area contributed by atoms with Crippen molar-refractivity contribution in [2.45, 2.75) is 19.5 Å². The van der Waals surface area contributed by atoms with Crippen molar-refractivity contribution in [2.75, 3.05) is 50.9 Å². The summed E-state index contributed by atoms with van der Waals surface area (Å²) in [7, 11) is 3.82. The van der Waals surface area contributed by atoms with Crippen molar-refractivity contribution in [3.63, 3.8) is 0 Å². The Bertz CT molecular complexity index is 650. The number of anilines is 2. The van der Waals surface area contributed by atoms with Crippen LogP contribution >= 0.6 is 11.3 Å². The molecule has 2 N–H and O–H groups in total. The number of piperazine rings is 1. The van der Waals surface area contributed by atoms with E-state index in [0.29, 0.717) is 5.95 Å². The third kappa shape index (κ3) is 4.00. The van der Waals surface area contributed by atoms with E-state index in [1.807, 2.05) is 19.0 Å². The van der Waals surface area contributed by atoms with Crippen LogP contribution in [-0.4, -0.2) is 65.0 Å². The number of hydrogen-bond acceptors (Lipinski definition) is 8. The van der Waals surface area contributed by atoms with E-state index in [1.165, 1.54) is 5.56 Å². The molecule has 1 aliphatic rings. The fourth-order valence-corrected chi connectivity index (χ4v) is 3.56. The van der Waals surface area contributed by atoms with Crippen molar-refractivity contribution in [2.24, 2.45) is 0 Å². The average Bonchev–Trinajstić information content (AvgIpc) is 3.07. The molecular weight excluding hydrogens is 322 g/mol. The summed E-state index contributed by atoms with van der Waals surface area (Å²) in [6.45, 7) is 7.31. The second-order valence-corrected chi connectivity index (χ2v) is 7.15. The van der Waals surface area contributed by atoms with Gasteiger partial charge in [0.1, 0.15) is 0 Å². The maximum Gasteiger partial charge on any atom is 0.229 e. The molecule has 0 amide bonds. The summed E-state index contributed by atoms with van der Waals surface area (Å²) in [5, 5.41) is 4.37. The average molecular weight is 347 g/mol. The molecule has 1 saturated heterocycles. The molecule has 0 radical (unpaired) electrons. The minimum absolute atomic E-state index is 0.136. The first-order valence-corrected chi connectivity index (χ1v) is 9.13. The predicted octanol–water partition coefficient (Wildman–Crippen LogP) is 1.46. The Hall–Kier alpha value is -1.77. The molecule has 0 saturated carbocycles. The molecule has 0 bridgehead atoms. The zero-order valence-corrected chi connectivity index (χ0v) is 15.3. The first kappa shape index (κ1) is 17.1. The highest BCUT2D eigenvalue weighted by Gasteiger charge is 2.24. The number of aromatic nitrogens is 3. The normalized spacial score (nSPS) is 17.8. The molecule has 1 aliphatic heterocycles. The fourth-order valence-electron chi connectivity index (χ4n) is 2.90. The van der Waals surface area contributed by atoms with Gasteiger partial charge in [0.15, 0.2) is 5.82 Å². The number of thiophene rings is 1. The van der Waals surface area contributed by atoms with Gasteiger partial charge in [-0.1, -0.05) is 0 Å².